The predicted molar refractivity (Wildman–Crippen MR) is 117 cm³/mol. The molecule has 0 fully saturated rings. The van der Waals surface area contributed by atoms with Gasteiger partial charge < -0.3 is 15.4 Å². The largest absolute Gasteiger partial charge is 0.482 e. The van der Waals surface area contributed by atoms with Crippen LogP contribution in [0.15, 0.2) is 48.5 Å². The highest BCUT2D eigenvalue weighted by molar-refractivity contribution is 6.30. The van der Waals surface area contributed by atoms with E-state index < -0.39 is 0 Å². The summed E-state index contributed by atoms with van der Waals surface area (Å²) in [6, 6.07) is 12.0. The van der Waals surface area contributed by atoms with E-state index in [4.69, 9.17) is 16.3 Å². The fourth-order valence-corrected chi connectivity index (χ4v) is 2.97. The number of hydrogen-bond acceptors (Lipinski definition) is 4. The summed E-state index contributed by atoms with van der Waals surface area (Å²) >= 11 is 5.85. The quantitative estimate of drug-likeness (QED) is 0.664. The van der Waals surface area contributed by atoms with E-state index in [9.17, 15) is 14.4 Å². The summed E-state index contributed by atoms with van der Waals surface area (Å²) in [6.45, 7) is 2.25. The normalized spacial score (nSPS) is 13.0. The lowest BCUT2D eigenvalue weighted by Crippen LogP contribution is -2.45. The van der Waals surface area contributed by atoms with E-state index in [-0.39, 0.29) is 30.9 Å². The molecule has 0 aromatic heterocycles. The topological polar surface area (TPSA) is 87.7 Å². The molecule has 0 saturated heterocycles. The van der Waals surface area contributed by atoms with Gasteiger partial charge in [-0.15, -0.1) is 0 Å². The number of amides is 3. The smallest absolute Gasteiger partial charge is 0.265 e. The first-order chi connectivity index (χ1) is 14.5. The molecule has 0 atom stereocenters. The van der Waals surface area contributed by atoms with Gasteiger partial charge in [0.2, 0.25) is 11.8 Å². The Morgan fingerprint density at radius 1 is 1.20 bits per heavy atom. The van der Waals surface area contributed by atoms with Crippen molar-refractivity contribution in [2.45, 2.75) is 13.3 Å². The lowest BCUT2D eigenvalue weighted by Gasteiger charge is -2.29. The van der Waals surface area contributed by atoms with Crippen molar-refractivity contribution in [3.05, 3.63) is 59.1 Å². The van der Waals surface area contributed by atoms with Crippen molar-refractivity contribution in [1.29, 1.82) is 0 Å². The van der Waals surface area contributed by atoms with E-state index in [1.165, 1.54) is 11.0 Å². The first kappa shape index (κ1) is 21.4. The summed E-state index contributed by atoms with van der Waals surface area (Å²) in [5.41, 5.74) is 1.76. The zero-order chi connectivity index (χ0) is 21.5. The molecule has 2 N–H and O–H groups in total. The molecule has 2 aromatic rings. The van der Waals surface area contributed by atoms with E-state index in [1.807, 2.05) is 6.92 Å². The van der Waals surface area contributed by atoms with Crippen molar-refractivity contribution in [1.82, 2.24) is 5.32 Å². The van der Waals surface area contributed by atoms with Crippen LogP contribution in [0.4, 0.5) is 11.4 Å². The van der Waals surface area contributed by atoms with Crippen molar-refractivity contribution in [3.63, 3.8) is 0 Å². The molecule has 7 nitrogen and oxygen atoms in total. The molecular formula is C22H22ClN3O4. The Balaban J connectivity index is 1.71. The van der Waals surface area contributed by atoms with Gasteiger partial charge in [0.05, 0.1) is 5.69 Å². The van der Waals surface area contributed by atoms with Crippen molar-refractivity contribution < 1.29 is 19.1 Å². The highest BCUT2D eigenvalue weighted by Crippen LogP contribution is 2.34. The highest BCUT2D eigenvalue weighted by Gasteiger charge is 2.27. The number of carbonyl (C=O) groups is 3. The van der Waals surface area contributed by atoms with E-state index >= 15 is 0 Å². The molecule has 0 unspecified atom stereocenters. The van der Waals surface area contributed by atoms with Gasteiger partial charge in [-0.25, -0.2) is 0 Å². The van der Waals surface area contributed by atoms with Crippen LogP contribution in [0.3, 0.4) is 0 Å². The molecule has 2 aromatic carbocycles. The van der Waals surface area contributed by atoms with Crippen LogP contribution in [0.1, 0.15) is 18.9 Å². The minimum absolute atomic E-state index is 0.108. The van der Waals surface area contributed by atoms with Crippen molar-refractivity contribution in [3.8, 4) is 5.75 Å². The Morgan fingerprint density at radius 3 is 2.70 bits per heavy atom. The number of ether oxygens (including phenoxy) is 1. The van der Waals surface area contributed by atoms with Gasteiger partial charge in [0, 0.05) is 23.3 Å². The summed E-state index contributed by atoms with van der Waals surface area (Å²) in [4.78, 5) is 38.0. The number of hydrogen-bond donors (Lipinski definition) is 2. The zero-order valence-corrected chi connectivity index (χ0v) is 17.2. The standard InChI is InChI=1S/C22H22ClN3O4/c1-2-11-24-21(28)13-26-18-12-17(8-9-19(18)30-14-22(26)29)25-20(27)10-5-15-3-6-16(23)7-4-15/h3-10,12H,2,11,13-14H2,1H3,(H,24,28)(H,25,27)/b10-5+. The van der Waals surface area contributed by atoms with E-state index in [0.29, 0.717) is 28.7 Å². The second-order valence-corrected chi connectivity index (χ2v) is 7.11. The van der Waals surface area contributed by atoms with Crippen LogP contribution in [0.5, 0.6) is 5.75 Å². The molecule has 30 heavy (non-hydrogen) atoms. The zero-order valence-electron chi connectivity index (χ0n) is 16.5. The molecule has 156 valence electrons. The third-order valence-electron chi connectivity index (χ3n) is 4.34. The van der Waals surface area contributed by atoms with Gasteiger partial charge in [0.25, 0.3) is 5.91 Å². The van der Waals surface area contributed by atoms with E-state index in [2.05, 4.69) is 10.6 Å². The van der Waals surface area contributed by atoms with Crippen LogP contribution < -0.4 is 20.3 Å². The minimum atomic E-state index is -0.333. The molecule has 1 aliphatic rings. The average molecular weight is 428 g/mol. The minimum Gasteiger partial charge on any atom is -0.482 e. The molecule has 0 radical (unpaired) electrons. The summed E-state index contributed by atoms with van der Waals surface area (Å²) in [5, 5.41) is 6.12. The van der Waals surface area contributed by atoms with Gasteiger partial charge >= 0.3 is 0 Å². The Bertz CT molecular complexity index is 973. The number of anilines is 2. The number of fused-ring (bicyclic) bond motifs is 1. The SMILES string of the molecule is CCCNC(=O)CN1C(=O)COc2ccc(NC(=O)/C=C/c3ccc(Cl)cc3)cc21. The molecule has 3 amide bonds. The third-order valence-corrected chi connectivity index (χ3v) is 4.59. The lowest BCUT2D eigenvalue weighted by atomic mass is 10.2. The van der Waals surface area contributed by atoms with Crippen LogP contribution in [-0.4, -0.2) is 37.4 Å². The fourth-order valence-electron chi connectivity index (χ4n) is 2.85. The molecule has 1 heterocycles. The van der Waals surface area contributed by atoms with Gasteiger partial charge in [0.15, 0.2) is 6.61 Å². The lowest BCUT2D eigenvalue weighted by molar-refractivity contribution is -0.125. The van der Waals surface area contributed by atoms with Crippen molar-refractivity contribution >= 4 is 46.8 Å². The summed E-state index contributed by atoms with van der Waals surface area (Å²) in [6.07, 6.45) is 3.88. The van der Waals surface area contributed by atoms with Crippen LogP contribution >= 0.6 is 11.6 Å². The molecule has 8 heteroatoms. The van der Waals surface area contributed by atoms with Crippen LogP contribution in [0.2, 0.25) is 5.02 Å². The Kier molecular flexibility index (Phi) is 7.08. The number of benzene rings is 2. The van der Waals surface area contributed by atoms with E-state index in [1.54, 1.807) is 48.5 Å². The molecule has 0 spiro atoms. The van der Waals surface area contributed by atoms with Crippen molar-refractivity contribution in [2.75, 3.05) is 29.9 Å². The van der Waals surface area contributed by atoms with Gasteiger partial charge in [-0.1, -0.05) is 30.7 Å². The molecule has 1 aliphatic heterocycles. The van der Waals surface area contributed by atoms with Crippen LogP contribution in [0, 0.1) is 0 Å². The second-order valence-electron chi connectivity index (χ2n) is 6.68. The molecule has 0 aliphatic carbocycles. The number of nitrogens with one attached hydrogen (secondary N) is 2. The van der Waals surface area contributed by atoms with Crippen molar-refractivity contribution in [2.24, 2.45) is 0 Å². The fraction of sp³-hybridized carbons (Fsp3) is 0.227. The Labute approximate surface area is 179 Å². The Morgan fingerprint density at radius 2 is 1.97 bits per heavy atom. The molecular weight excluding hydrogens is 406 g/mol. The average Bonchev–Trinajstić information content (AvgIpc) is 2.74. The Hall–Kier alpha value is -3.32. The summed E-state index contributed by atoms with van der Waals surface area (Å²) in [5.74, 6) is -0.425. The number of nitrogens with zero attached hydrogens (tertiary/aromatic N) is 1. The third kappa shape index (κ3) is 5.61. The maximum absolute atomic E-state index is 12.3. The number of rotatable bonds is 7. The molecule has 0 bridgehead atoms. The molecule has 0 saturated carbocycles. The number of halogens is 1. The van der Waals surface area contributed by atoms with E-state index in [0.717, 1.165) is 12.0 Å². The summed E-state index contributed by atoms with van der Waals surface area (Å²) < 4.78 is 5.44. The molecule has 3 rings (SSSR count). The first-order valence-electron chi connectivity index (χ1n) is 9.55. The first-order valence-corrected chi connectivity index (χ1v) is 9.92. The van der Waals surface area contributed by atoms with Gasteiger partial charge in [-0.05, 0) is 48.4 Å². The highest BCUT2D eigenvalue weighted by atomic mass is 35.5. The van der Waals surface area contributed by atoms with Gasteiger partial charge in [0.1, 0.15) is 12.3 Å². The number of carbonyl (C=O) groups excluding carboxylic acids is 3. The predicted octanol–water partition coefficient (Wildman–Crippen LogP) is 3.24. The van der Waals surface area contributed by atoms with Gasteiger partial charge in [-0.3, -0.25) is 19.3 Å². The maximum Gasteiger partial charge on any atom is 0.265 e. The monoisotopic (exact) mass is 427 g/mol. The van der Waals surface area contributed by atoms with Gasteiger partial charge in [-0.2, -0.15) is 0 Å². The van der Waals surface area contributed by atoms with Crippen LogP contribution in [-0.2, 0) is 14.4 Å². The second kappa shape index (κ2) is 9.93. The summed E-state index contributed by atoms with van der Waals surface area (Å²) in [7, 11) is 0. The maximum atomic E-state index is 12.3. The van der Waals surface area contributed by atoms with Crippen LogP contribution in [0.25, 0.3) is 6.08 Å².